The SMILES string of the molecule is COc1ccccc1CN1CCO[C@H](c2cc3cc(F)ccc3cn2)C1. The lowest BCUT2D eigenvalue weighted by Gasteiger charge is -2.33. The topological polar surface area (TPSA) is 34.6 Å². The zero-order valence-electron chi connectivity index (χ0n) is 14.7. The number of halogens is 1. The van der Waals surface area contributed by atoms with Crippen molar-refractivity contribution in [2.24, 2.45) is 0 Å². The molecular weight excluding hydrogens is 331 g/mol. The van der Waals surface area contributed by atoms with Gasteiger partial charge in [0.05, 0.1) is 19.4 Å². The smallest absolute Gasteiger partial charge is 0.123 e. The van der Waals surface area contributed by atoms with E-state index in [1.54, 1.807) is 19.4 Å². The second kappa shape index (κ2) is 7.40. The maximum absolute atomic E-state index is 13.5. The lowest BCUT2D eigenvalue weighted by molar-refractivity contribution is -0.0350. The van der Waals surface area contributed by atoms with Crippen molar-refractivity contribution < 1.29 is 13.9 Å². The summed E-state index contributed by atoms with van der Waals surface area (Å²) in [6, 6.07) is 14.7. The molecule has 3 aromatic rings. The molecule has 0 aliphatic carbocycles. The van der Waals surface area contributed by atoms with Crippen molar-refractivity contribution in [2.45, 2.75) is 12.6 Å². The van der Waals surface area contributed by atoms with Gasteiger partial charge in [0.25, 0.3) is 0 Å². The molecular formula is C21H21FN2O2. The van der Waals surface area contributed by atoms with Gasteiger partial charge in [-0.15, -0.1) is 0 Å². The number of aromatic nitrogens is 1. The van der Waals surface area contributed by atoms with Crippen molar-refractivity contribution >= 4 is 10.8 Å². The van der Waals surface area contributed by atoms with Crippen LogP contribution in [0.2, 0.25) is 0 Å². The summed E-state index contributed by atoms with van der Waals surface area (Å²) in [4.78, 5) is 6.87. The van der Waals surface area contributed by atoms with E-state index in [9.17, 15) is 4.39 Å². The minimum absolute atomic E-state index is 0.119. The van der Waals surface area contributed by atoms with E-state index < -0.39 is 0 Å². The molecule has 2 aromatic carbocycles. The molecule has 1 atom stereocenters. The molecule has 2 heterocycles. The highest BCUT2D eigenvalue weighted by atomic mass is 19.1. The van der Waals surface area contributed by atoms with Crippen LogP contribution in [0.15, 0.2) is 54.7 Å². The van der Waals surface area contributed by atoms with Crippen molar-refractivity contribution in [3.63, 3.8) is 0 Å². The maximum atomic E-state index is 13.5. The van der Waals surface area contributed by atoms with Crippen LogP contribution in [0.3, 0.4) is 0 Å². The zero-order chi connectivity index (χ0) is 17.9. The number of methoxy groups -OCH3 is 1. The first-order chi connectivity index (χ1) is 12.7. The molecule has 4 rings (SSSR count). The van der Waals surface area contributed by atoms with E-state index in [1.165, 1.54) is 12.1 Å². The molecule has 1 saturated heterocycles. The van der Waals surface area contributed by atoms with Crippen molar-refractivity contribution in [3.8, 4) is 5.75 Å². The van der Waals surface area contributed by atoms with Crippen molar-refractivity contribution in [2.75, 3.05) is 26.8 Å². The van der Waals surface area contributed by atoms with Gasteiger partial charge in [-0.2, -0.15) is 0 Å². The minimum atomic E-state index is -0.239. The highest BCUT2D eigenvalue weighted by Gasteiger charge is 2.24. The number of morpholine rings is 1. The molecule has 4 nitrogen and oxygen atoms in total. The molecule has 0 amide bonds. The number of fused-ring (bicyclic) bond motifs is 1. The molecule has 134 valence electrons. The van der Waals surface area contributed by atoms with Crippen LogP contribution in [-0.4, -0.2) is 36.7 Å². The molecule has 1 fully saturated rings. The largest absolute Gasteiger partial charge is 0.496 e. The molecule has 1 aliphatic rings. The van der Waals surface area contributed by atoms with Crippen LogP contribution < -0.4 is 4.74 Å². The first-order valence-corrected chi connectivity index (χ1v) is 8.74. The summed E-state index contributed by atoms with van der Waals surface area (Å²) in [5.74, 6) is 0.659. The third kappa shape index (κ3) is 3.54. The fraction of sp³-hybridized carbons (Fsp3) is 0.286. The summed E-state index contributed by atoms with van der Waals surface area (Å²) >= 11 is 0. The summed E-state index contributed by atoms with van der Waals surface area (Å²) in [5.41, 5.74) is 2.00. The molecule has 0 N–H and O–H groups in total. The van der Waals surface area contributed by atoms with Crippen LogP contribution in [-0.2, 0) is 11.3 Å². The van der Waals surface area contributed by atoms with Gasteiger partial charge in [-0.1, -0.05) is 18.2 Å². The lowest BCUT2D eigenvalue weighted by Crippen LogP contribution is -2.38. The van der Waals surface area contributed by atoms with Crippen LogP contribution in [0.4, 0.5) is 4.39 Å². The predicted molar refractivity (Wildman–Crippen MR) is 98.7 cm³/mol. The van der Waals surface area contributed by atoms with E-state index in [0.29, 0.717) is 6.61 Å². The summed E-state index contributed by atoms with van der Waals surface area (Å²) in [6.45, 7) is 3.04. The summed E-state index contributed by atoms with van der Waals surface area (Å²) in [7, 11) is 1.69. The standard InChI is InChI=1S/C21H21FN2O2/c1-25-20-5-3-2-4-16(20)13-24-8-9-26-21(14-24)19-11-17-10-18(22)7-6-15(17)12-23-19/h2-7,10-12,21H,8-9,13-14H2,1H3/t21-/m0/s1. The summed E-state index contributed by atoms with van der Waals surface area (Å²) in [5, 5.41) is 1.78. The third-order valence-corrected chi connectivity index (χ3v) is 4.77. The molecule has 5 heteroatoms. The number of nitrogens with zero attached hydrogens (tertiary/aromatic N) is 2. The molecule has 0 spiro atoms. The number of para-hydroxylation sites is 1. The molecule has 0 radical (unpaired) electrons. The van der Waals surface area contributed by atoms with Crippen molar-refractivity contribution in [3.05, 3.63) is 71.8 Å². The van der Waals surface area contributed by atoms with Crippen LogP contribution in [0.5, 0.6) is 5.75 Å². The lowest BCUT2D eigenvalue weighted by atomic mass is 10.1. The predicted octanol–water partition coefficient (Wildman–Crippen LogP) is 3.96. The van der Waals surface area contributed by atoms with Gasteiger partial charge in [0.15, 0.2) is 0 Å². The molecule has 1 aliphatic heterocycles. The monoisotopic (exact) mass is 352 g/mol. The van der Waals surface area contributed by atoms with Gasteiger partial charge in [0, 0.05) is 36.8 Å². The Bertz CT molecular complexity index is 915. The summed E-state index contributed by atoms with van der Waals surface area (Å²) in [6.07, 6.45) is 1.67. The van der Waals surface area contributed by atoms with Gasteiger partial charge in [0.1, 0.15) is 17.7 Å². The van der Waals surface area contributed by atoms with Crippen LogP contribution >= 0.6 is 0 Å². The fourth-order valence-electron chi connectivity index (χ4n) is 3.40. The van der Waals surface area contributed by atoms with Crippen LogP contribution in [0.1, 0.15) is 17.4 Å². The fourth-order valence-corrected chi connectivity index (χ4v) is 3.40. The van der Waals surface area contributed by atoms with E-state index in [0.717, 1.165) is 47.4 Å². The average molecular weight is 352 g/mol. The highest BCUT2D eigenvalue weighted by Crippen LogP contribution is 2.26. The van der Waals surface area contributed by atoms with Gasteiger partial charge < -0.3 is 9.47 Å². The van der Waals surface area contributed by atoms with E-state index in [-0.39, 0.29) is 11.9 Å². The van der Waals surface area contributed by atoms with Gasteiger partial charge in [0.2, 0.25) is 0 Å². The Morgan fingerprint density at radius 2 is 2.08 bits per heavy atom. The van der Waals surface area contributed by atoms with E-state index in [2.05, 4.69) is 16.0 Å². The Labute approximate surface area is 152 Å². The summed E-state index contributed by atoms with van der Waals surface area (Å²) < 4.78 is 24.9. The second-order valence-corrected chi connectivity index (χ2v) is 6.51. The van der Waals surface area contributed by atoms with Gasteiger partial charge in [-0.05, 0) is 35.7 Å². The van der Waals surface area contributed by atoms with Crippen LogP contribution in [0.25, 0.3) is 10.8 Å². The second-order valence-electron chi connectivity index (χ2n) is 6.51. The number of hydrogen-bond donors (Lipinski definition) is 0. The Hall–Kier alpha value is -2.50. The normalized spacial score (nSPS) is 18.2. The van der Waals surface area contributed by atoms with Crippen molar-refractivity contribution in [1.29, 1.82) is 0 Å². The van der Waals surface area contributed by atoms with Crippen molar-refractivity contribution in [1.82, 2.24) is 9.88 Å². The first kappa shape index (κ1) is 16.9. The van der Waals surface area contributed by atoms with Crippen LogP contribution in [0, 0.1) is 5.82 Å². The molecule has 26 heavy (non-hydrogen) atoms. The maximum Gasteiger partial charge on any atom is 0.123 e. The van der Waals surface area contributed by atoms with Gasteiger partial charge in [-0.3, -0.25) is 9.88 Å². The number of pyridine rings is 1. The Morgan fingerprint density at radius 1 is 1.19 bits per heavy atom. The molecule has 0 saturated carbocycles. The number of rotatable bonds is 4. The quantitative estimate of drug-likeness (QED) is 0.712. The van der Waals surface area contributed by atoms with E-state index in [4.69, 9.17) is 9.47 Å². The number of benzene rings is 2. The molecule has 0 bridgehead atoms. The Balaban J connectivity index is 1.53. The van der Waals surface area contributed by atoms with E-state index >= 15 is 0 Å². The first-order valence-electron chi connectivity index (χ1n) is 8.74. The van der Waals surface area contributed by atoms with Gasteiger partial charge >= 0.3 is 0 Å². The molecule has 1 aromatic heterocycles. The number of ether oxygens (including phenoxy) is 2. The van der Waals surface area contributed by atoms with E-state index in [1.807, 2.05) is 24.3 Å². The average Bonchev–Trinajstić information content (AvgIpc) is 2.68. The zero-order valence-corrected chi connectivity index (χ0v) is 14.7. The number of hydrogen-bond acceptors (Lipinski definition) is 4. The Kier molecular flexibility index (Phi) is 4.82. The molecule has 0 unspecified atom stereocenters. The third-order valence-electron chi connectivity index (χ3n) is 4.77. The minimum Gasteiger partial charge on any atom is -0.496 e. The van der Waals surface area contributed by atoms with Gasteiger partial charge in [-0.25, -0.2) is 4.39 Å². The highest BCUT2D eigenvalue weighted by molar-refractivity contribution is 5.82. The Morgan fingerprint density at radius 3 is 2.96 bits per heavy atom.